The van der Waals surface area contributed by atoms with E-state index in [0.717, 1.165) is 6.07 Å². The lowest BCUT2D eigenvalue weighted by molar-refractivity contribution is -0.151. The maximum atomic E-state index is 14.7. The van der Waals surface area contributed by atoms with Crippen molar-refractivity contribution >= 4 is 29.5 Å². The summed E-state index contributed by atoms with van der Waals surface area (Å²) in [6.45, 7) is 3.71. The van der Waals surface area contributed by atoms with Crippen molar-refractivity contribution in [3.8, 4) is 5.75 Å². The van der Waals surface area contributed by atoms with Gasteiger partial charge in [0.25, 0.3) is 5.91 Å². The molecule has 218 valence electrons. The van der Waals surface area contributed by atoms with Crippen molar-refractivity contribution in [1.82, 2.24) is 10.2 Å². The summed E-state index contributed by atoms with van der Waals surface area (Å²) < 4.78 is 65.7. The number of benzene rings is 2. The van der Waals surface area contributed by atoms with Crippen LogP contribution in [0.5, 0.6) is 5.75 Å². The van der Waals surface area contributed by atoms with Gasteiger partial charge in [-0.2, -0.15) is 0 Å². The first-order valence-corrected chi connectivity index (χ1v) is 13.8. The fraction of sp³-hybridized carbons (Fsp3) is 0.444. The number of hydrogen-bond acceptors (Lipinski definition) is 7. The minimum atomic E-state index is -1.32. The molecule has 3 unspecified atom stereocenters. The van der Waals surface area contributed by atoms with E-state index in [1.807, 2.05) is 0 Å². The van der Waals surface area contributed by atoms with Crippen LogP contribution in [0, 0.1) is 23.3 Å². The highest BCUT2D eigenvalue weighted by molar-refractivity contribution is 8.00. The molecule has 0 spiro atoms. The summed E-state index contributed by atoms with van der Waals surface area (Å²) >= 11 is 1.23. The molecule has 1 saturated heterocycles. The molecule has 3 rings (SSSR count). The van der Waals surface area contributed by atoms with E-state index in [1.165, 1.54) is 28.8 Å². The maximum absolute atomic E-state index is 14.7. The van der Waals surface area contributed by atoms with Crippen LogP contribution in [-0.2, 0) is 32.1 Å². The molecule has 2 amide bonds. The molecule has 8 nitrogen and oxygen atoms in total. The van der Waals surface area contributed by atoms with Gasteiger partial charge in [-0.15, -0.1) is 11.8 Å². The molecule has 2 aromatic carbocycles. The van der Waals surface area contributed by atoms with Gasteiger partial charge in [-0.05, 0) is 37.5 Å². The number of rotatable bonds is 12. The average molecular weight is 586 g/mol. The number of halogens is 4. The van der Waals surface area contributed by atoms with Gasteiger partial charge in [-0.25, -0.2) is 22.4 Å². The Morgan fingerprint density at radius 2 is 1.75 bits per heavy atom. The molecular weight excluding hydrogens is 554 g/mol. The first-order chi connectivity index (χ1) is 19.0. The van der Waals surface area contributed by atoms with E-state index < -0.39 is 58.6 Å². The van der Waals surface area contributed by atoms with Crippen LogP contribution < -0.4 is 15.8 Å². The number of carbonyl (C=O) groups is 3. The van der Waals surface area contributed by atoms with Crippen molar-refractivity contribution in [1.29, 1.82) is 0 Å². The van der Waals surface area contributed by atoms with Crippen molar-refractivity contribution in [2.24, 2.45) is 5.73 Å². The first kappa shape index (κ1) is 31.2. The Balaban J connectivity index is 1.55. The zero-order valence-electron chi connectivity index (χ0n) is 22.1. The molecule has 0 bridgehead atoms. The van der Waals surface area contributed by atoms with Crippen LogP contribution in [0.3, 0.4) is 0 Å². The molecule has 0 aliphatic carbocycles. The molecule has 13 heteroatoms. The quantitative estimate of drug-likeness (QED) is 0.223. The normalized spacial score (nSPS) is 16.4. The highest BCUT2D eigenvalue weighted by Gasteiger charge is 2.35. The minimum Gasteiger partial charge on any atom is -0.479 e. The molecule has 0 radical (unpaired) electrons. The zero-order chi connectivity index (χ0) is 29.4. The molecule has 40 heavy (non-hydrogen) atoms. The molecule has 1 aliphatic heterocycles. The van der Waals surface area contributed by atoms with E-state index in [9.17, 15) is 31.9 Å². The maximum Gasteiger partial charge on any atom is 0.347 e. The van der Waals surface area contributed by atoms with Gasteiger partial charge in [0.05, 0.1) is 6.61 Å². The van der Waals surface area contributed by atoms with Gasteiger partial charge in [-0.1, -0.05) is 13.0 Å². The molecule has 2 aromatic rings. The van der Waals surface area contributed by atoms with E-state index >= 15 is 0 Å². The number of thioether (sulfide) groups is 1. The lowest BCUT2D eigenvalue weighted by atomic mass is 10.0. The fourth-order valence-electron chi connectivity index (χ4n) is 4.07. The van der Waals surface area contributed by atoms with E-state index in [0.29, 0.717) is 24.3 Å². The summed E-state index contributed by atoms with van der Waals surface area (Å²) in [6.07, 6.45) is -0.996. The summed E-state index contributed by atoms with van der Waals surface area (Å²) in [4.78, 5) is 38.9. The summed E-state index contributed by atoms with van der Waals surface area (Å²) in [6, 6.07) is 4.24. The third-order valence-electron chi connectivity index (χ3n) is 6.12. The lowest BCUT2D eigenvalue weighted by Crippen LogP contribution is -2.46. The summed E-state index contributed by atoms with van der Waals surface area (Å²) in [5.74, 6) is -5.06. The van der Waals surface area contributed by atoms with Gasteiger partial charge in [0.1, 0.15) is 17.4 Å². The molecule has 3 N–H and O–H groups in total. The summed E-state index contributed by atoms with van der Waals surface area (Å²) in [7, 11) is 0. The Hall–Kier alpha value is -3.32. The molecule has 0 aromatic heterocycles. The smallest absolute Gasteiger partial charge is 0.347 e. The van der Waals surface area contributed by atoms with Gasteiger partial charge in [-0.3, -0.25) is 9.59 Å². The third-order valence-corrected chi connectivity index (χ3v) is 7.32. The Kier molecular flexibility index (Phi) is 11.2. The van der Waals surface area contributed by atoms with Gasteiger partial charge in [0.2, 0.25) is 5.91 Å². The highest BCUT2D eigenvalue weighted by atomic mass is 32.2. The average Bonchev–Trinajstić information content (AvgIpc) is 3.40. The Labute approximate surface area is 233 Å². The zero-order valence-corrected chi connectivity index (χ0v) is 22.9. The molecule has 1 heterocycles. The topological polar surface area (TPSA) is 111 Å². The third kappa shape index (κ3) is 8.10. The number of carbonyl (C=O) groups excluding carboxylic acids is 3. The predicted octanol–water partition coefficient (Wildman–Crippen LogP) is 3.44. The summed E-state index contributed by atoms with van der Waals surface area (Å²) in [5, 5.41) is 1.74. The first-order valence-electron chi connectivity index (χ1n) is 12.7. The second kappa shape index (κ2) is 14.4. The largest absolute Gasteiger partial charge is 0.479 e. The van der Waals surface area contributed by atoms with E-state index in [4.69, 9.17) is 15.2 Å². The Morgan fingerprint density at radius 1 is 1.05 bits per heavy atom. The standard InChI is InChI=1S/C27H31F4N3O5S/c1-3-23(27(37)38-4-2)39-18-6-5-15(19(28)12-18)14-33-25(36)26-34(7-8-40-26)24(35)11-17(32)9-16-10-21(30)22(31)13-20(16)29/h5-6,10,12-13,17,23,26H,3-4,7-9,11,14,32H2,1-2H3,(H,33,36). The van der Waals surface area contributed by atoms with E-state index in [1.54, 1.807) is 13.8 Å². The number of esters is 1. The second-order valence-electron chi connectivity index (χ2n) is 9.07. The molecule has 1 fully saturated rings. The van der Waals surface area contributed by atoms with Crippen LogP contribution in [-0.4, -0.2) is 59.1 Å². The van der Waals surface area contributed by atoms with Crippen LogP contribution in [0.15, 0.2) is 30.3 Å². The van der Waals surface area contributed by atoms with Crippen molar-refractivity contribution in [2.45, 2.75) is 57.2 Å². The number of nitrogens with zero attached hydrogens (tertiary/aromatic N) is 1. The Bertz CT molecular complexity index is 1230. The summed E-state index contributed by atoms with van der Waals surface area (Å²) in [5.41, 5.74) is 5.98. The SMILES string of the molecule is CCOC(=O)C(CC)Oc1ccc(CNC(=O)C2SCCN2C(=O)CC(N)Cc2cc(F)c(F)cc2F)c(F)c1. The molecule has 3 atom stereocenters. The fourth-order valence-corrected chi connectivity index (χ4v) is 5.23. The van der Waals surface area contributed by atoms with Crippen molar-refractivity contribution < 1.29 is 41.4 Å². The van der Waals surface area contributed by atoms with Crippen LogP contribution in [0.25, 0.3) is 0 Å². The van der Waals surface area contributed by atoms with Gasteiger partial charge >= 0.3 is 5.97 Å². The van der Waals surface area contributed by atoms with E-state index in [2.05, 4.69) is 5.32 Å². The molecule has 0 saturated carbocycles. The number of amides is 2. The number of nitrogens with two attached hydrogens (primary N) is 1. The number of hydrogen-bond donors (Lipinski definition) is 2. The van der Waals surface area contributed by atoms with Crippen molar-refractivity contribution in [3.63, 3.8) is 0 Å². The molecular formula is C27H31F4N3O5S. The highest BCUT2D eigenvalue weighted by Crippen LogP contribution is 2.26. The monoisotopic (exact) mass is 585 g/mol. The Morgan fingerprint density at radius 3 is 2.42 bits per heavy atom. The van der Waals surface area contributed by atoms with Gasteiger partial charge in [0.15, 0.2) is 23.1 Å². The van der Waals surface area contributed by atoms with Crippen molar-refractivity contribution in [3.05, 3.63) is 64.7 Å². The van der Waals surface area contributed by atoms with Crippen LogP contribution in [0.2, 0.25) is 0 Å². The lowest BCUT2D eigenvalue weighted by Gasteiger charge is -2.24. The number of ether oxygens (including phenoxy) is 2. The van der Waals surface area contributed by atoms with Crippen LogP contribution in [0.4, 0.5) is 17.6 Å². The van der Waals surface area contributed by atoms with Crippen LogP contribution >= 0.6 is 11.8 Å². The van der Waals surface area contributed by atoms with Crippen molar-refractivity contribution in [2.75, 3.05) is 18.9 Å². The predicted molar refractivity (Wildman–Crippen MR) is 140 cm³/mol. The van der Waals surface area contributed by atoms with E-state index in [-0.39, 0.29) is 49.4 Å². The van der Waals surface area contributed by atoms with Crippen LogP contribution in [0.1, 0.15) is 37.8 Å². The van der Waals surface area contributed by atoms with Gasteiger partial charge in [0, 0.05) is 49.0 Å². The number of nitrogens with one attached hydrogen (secondary N) is 1. The minimum absolute atomic E-state index is 0.134. The molecule has 1 aliphatic rings. The second-order valence-corrected chi connectivity index (χ2v) is 10.3. The van der Waals surface area contributed by atoms with Gasteiger partial charge < -0.3 is 25.4 Å².